The number of methoxy groups -OCH3 is 1. The Morgan fingerprint density at radius 2 is 2.04 bits per heavy atom. The smallest absolute Gasteiger partial charge is 0.255 e. The molecule has 3 rings (SSSR count). The lowest BCUT2D eigenvalue weighted by atomic mass is 9.95. The number of carbonyl (C=O) groups excluding carboxylic acids is 2. The van der Waals surface area contributed by atoms with E-state index in [2.05, 4.69) is 26.4 Å². The maximum atomic E-state index is 12.8. The SMILES string of the molecule is COc1ccc(Br)c(C(=O)N2CCC(C(=O)Nc3cc(C)on3)CC2)c1. The van der Waals surface area contributed by atoms with E-state index in [9.17, 15) is 9.59 Å². The zero-order chi connectivity index (χ0) is 18.7. The molecule has 1 saturated heterocycles. The molecule has 0 aliphatic carbocycles. The molecule has 1 aromatic heterocycles. The van der Waals surface area contributed by atoms with E-state index < -0.39 is 0 Å². The average molecular weight is 422 g/mol. The van der Waals surface area contributed by atoms with Crippen LogP contribution in [0.15, 0.2) is 33.3 Å². The third-order valence-corrected chi connectivity index (χ3v) is 5.13. The number of hydrogen-bond donors (Lipinski definition) is 1. The Morgan fingerprint density at radius 3 is 2.65 bits per heavy atom. The van der Waals surface area contributed by atoms with Crippen LogP contribution in [0.1, 0.15) is 29.0 Å². The predicted octanol–water partition coefficient (Wildman–Crippen LogP) is 3.25. The van der Waals surface area contributed by atoms with Crippen LogP contribution in [0.4, 0.5) is 5.82 Å². The summed E-state index contributed by atoms with van der Waals surface area (Å²) in [5.41, 5.74) is 0.560. The van der Waals surface area contributed by atoms with Gasteiger partial charge in [-0.3, -0.25) is 9.59 Å². The zero-order valence-corrected chi connectivity index (χ0v) is 16.2. The minimum absolute atomic E-state index is 0.0678. The van der Waals surface area contributed by atoms with Crippen LogP contribution in [0.25, 0.3) is 0 Å². The van der Waals surface area contributed by atoms with Gasteiger partial charge in [-0.05, 0) is 53.9 Å². The number of ether oxygens (including phenoxy) is 1. The maximum Gasteiger partial charge on any atom is 0.255 e. The van der Waals surface area contributed by atoms with Crippen LogP contribution < -0.4 is 10.1 Å². The molecular weight excluding hydrogens is 402 g/mol. The minimum Gasteiger partial charge on any atom is -0.497 e. The van der Waals surface area contributed by atoms with E-state index in [4.69, 9.17) is 9.26 Å². The average Bonchev–Trinajstić information content (AvgIpc) is 3.06. The molecule has 1 fully saturated rings. The number of halogens is 1. The van der Waals surface area contributed by atoms with Crippen molar-refractivity contribution < 1.29 is 18.8 Å². The van der Waals surface area contributed by atoms with E-state index in [1.807, 2.05) is 0 Å². The second kappa shape index (κ2) is 7.90. The summed E-state index contributed by atoms with van der Waals surface area (Å²) >= 11 is 3.42. The lowest BCUT2D eigenvalue weighted by Crippen LogP contribution is -2.41. The number of aromatic nitrogens is 1. The maximum absolute atomic E-state index is 12.8. The van der Waals surface area contributed by atoms with Crippen molar-refractivity contribution in [2.75, 3.05) is 25.5 Å². The highest BCUT2D eigenvalue weighted by Crippen LogP contribution is 2.26. The van der Waals surface area contributed by atoms with Gasteiger partial charge in [0.15, 0.2) is 5.82 Å². The molecule has 0 unspecified atom stereocenters. The number of benzene rings is 1. The quantitative estimate of drug-likeness (QED) is 0.818. The number of aryl methyl sites for hydroxylation is 1. The lowest BCUT2D eigenvalue weighted by molar-refractivity contribution is -0.121. The van der Waals surface area contributed by atoms with Crippen molar-refractivity contribution in [1.82, 2.24) is 10.1 Å². The van der Waals surface area contributed by atoms with E-state index in [1.54, 1.807) is 43.2 Å². The van der Waals surface area contributed by atoms with Gasteiger partial charge in [-0.1, -0.05) is 5.16 Å². The molecular formula is C18H20BrN3O4. The van der Waals surface area contributed by atoms with Gasteiger partial charge in [0.1, 0.15) is 11.5 Å². The summed E-state index contributed by atoms with van der Waals surface area (Å²) in [4.78, 5) is 26.9. The Hall–Kier alpha value is -2.35. The van der Waals surface area contributed by atoms with Crippen LogP contribution in [0.2, 0.25) is 0 Å². The van der Waals surface area contributed by atoms with Gasteiger partial charge in [0.25, 0.3) is 5.91 Å². The fraction of sp³-hybridized carbons (Fsp3) is 0.389. The first-order chi connectivity index (χ1) is 12.5. The van der Waals surface area contributed by atoms with Gasteiger partial charge in [0.05, 0.1) is 12.7 Å². The minimum atomic E-state index is -0.148. The number of amides is 2. The molecule has 1 aliphatic rings. The van der Waals surface area contributed by atoms with Crippen molar-refractivity contribution in [2.45, 2.75) is 19.8 Å². The van der Waals surface area contributed by atoms with E-state index in [1.165, 1.54) is 0 Å². The summed E-state index contributed by atoms with van der Waals surface area (Å²) in [6.07, 6.45) is 1.21. The van der Waals surface area contributed by atoms with Crippen LogP contribution >= 0.6 is 15.9 Å². The molecule has 2 amide bonds. The third-order valence-electron chi connectivity index (χ3n) is 4.44. The normalized spacial score (nSPS) is 15.0. The van der Waals surface area contributed by atoms with Crippen molar-refractivity contribution in [1.29, 1.82) is 0 Å². The number of nitrogens with one attached hydrogen (secondary N) is 1. The van der Waals surface area contributed by atoms with Gasteiger partial charge in [0, 0.05) is 29.5 Å². The fourth-order valence-corrected chi connectivity index (χ4v) is 3.38. The molecule has 2 aromatic rings. The monoisotopic (exact) mass is 421 g/mol. The Balaban J connectivity index is 1.59. The molecule has 138 valence electrons. The van der Waals surface area contributed by atoms with Crippen molar-refractivity contribution in [2.24, 2.45) is 5.92 Å². The van der Waals surface area contributed by atoms with Crippen LogP contribution in [0.5, 0.6) is 5.75 Å². The molecule has 0 bridgehead atoms. The van der Waals surface area contributed by atoms with E-state index in [-0.39, 0.29) is 17.7 Å². The molecule has 2 heterocycles. The number of anilines is 1. The van der Waals surface area contributed by atoms with Crippen molar-refractivity contribution in [3.8, 4) is 5.75 Å². The van der Waals surface area contributed by atoms with Crippen LogP contribution in [-0.2, 0) is 4.79 Å². The number of piperidine rings is 1. The first-order valence-electron chi connectivity index (χ1n) is 8.35. The first kappa shape index (κ1) is 18.4. The molecule has 0 radical (unpaired) electrons. The summed E-state index contributed by atoms with van der Waals surface area (Å²) in [6, 6.07) is 6.99. The summed E-state index contributed by atoms with van der Waals surface area (Å²) in [7, 11) is 1.57. The number of carbonyl (C=O) groups is 2. The number of likely N-dealkylation sites (tertiary alicyclic amines) is 1. The summed E-state index contributed by atoms with van der Waals surface area (Å²) in [5.74, 6) is 1.39. The van der Waals surface area contributed by atoms with Gasteiger partial charge in [0.2, 0.25) is 5.91 Å². The van der Waals surface area contributed by atoms with Crippen molar-refractivity contribution in [3.63, 3.8) is 0 Å². The topological polar surface area (TPSA) is 84.7 Å². The van der Waals surface area contributed by atoms with Crippen molar-refractivity contribution in [3.05, 3.63) is 40.1 Å². The van der Waals surface area contributed by atoms with E-state index in [0.29, 0.717) is 48.8 Å². The van der Waals surface area contributed by atoms with Gasteiger partial charge in [-0.25, -0.2) is 0 Å². The Bertz CT molecular complexity index is 813. The highest BCUT2D eigenvalue weighted by atomic mass is 79.9. The summed E-state index contributed by atoms with van der Waals surface area (Å²) < 4.78 is 10.9. The molecule has 1 aliphatic heterocycles. The number of hydrogen-bond acceptors (Lipinski definition) is 5. The molecule has 8 heteroatoms. The second-order valence-corrected chi connectivity index (χ2v) is 7.08. The molecule has 7 nitrogen and oxygen atoms in total. The molecule has 1 N–H and O–H groups in total. The van der Waals surface area contributed by atoms with Gasteiger partial charge in [-0.15, -0.1) is 0 Å². The standard InChI is InChI=1S/C18H20BrN3O4/c1-11-9-16(21-26-11)20-17(23)12-5-7-22(8-6-12)18(24)14-10-13(25-2)3-4-15(14)19/h3-4,9-10,12H,5-8H2,1-2H3,(H,20,21,23). The van der Waals surface area contributed by atoms with Crippen molar-refractivity contribution >= 4 is 33.6 Å². The second-order valence-electron chi connectivity index (χ2n) is 6.22. The van der Waals surface area contributed by atoms with E-state index in [0.717, 1.165) is 4.47 Å². The van der Waals surface area contributed by atoms with E-state index >= 15 is 0 Å². The Labute approximate surface area is 159 Å². The Kier molecular flexibility index (Phi) is 5.61. The molecule has 0 atom stereocenters. The van der Waals surface area contributed by atoms with Crippen LogP contribution in [-0.4, -0.2) is 42.1 Å². The summed E-state index contributed by atoms with van der Waals surface area (Å²) in [5, 5.41) is 6.53. The fourth-order valence-electron chi connectivity index (χ4n) is 2.96. The van der Waals surface area contributed by atoms with Gasteiger partial charge in [-0.2, -0.15) is 0 Å². The van der Waals surface area contributed by atoms with Gasteiger partial charge >= 0.3 is 0 Å². The predicted molar refractivity (Wildman–Crippen MR) is 99.2 cm³/mol. The first-order valence-corrected chi connectivity index (χ1v) is 9.14. The highest BCUT2D eigenvalue weighted by molar-refractivity contribution is 9.10. The molecule has 26 heavy (non-hydrogen) atoms. The lowest BCUT2D eigenvalue weighted by Gasteiger charge is -2.31. The third kappa shape index (κ3) is 4.07. The number of rotatable bonds is 4. The largest absolute Gasteiger partial charge is 0.497 e. The molecule has 0 spiro atoms. The van der Waals surface area contributed by atoms with Gasteiger partial charge < -0.3 is 19.5 Å². The Morgan fingerprint density at radius 1 is 1.31 bits per heavy atom. The number of nitrogens with zero attached hydrogens (tertiary/aromatic N) is 2. The molecule has 0 saturated carbocycles. The van der Waals surface area contributed by atoms with Crippen LogP contribution in [0.3, 0.4) is 0 Å². The zero-order valence-electron chi connectivity index (χ0n) is 14.6. The highest BCUT2D eigenvalue weighted by Gasteiger charge is 2.29. The molecule has 1 aromatic carbocycles. The summed E-state index contributed by atoms with van der Waals surface area (Å²) in [6.45, 7) is 2.82. The van der Waals surface area contributed by atoms with Crippen LogP contribution in [0, 0.1) is 12.8 Å².